The average molecular weight is 323 g/mol. The van der Waals surface area contributed by atoms with Gasteiger partial charge in [-0.25, -0.2) is 9.82 Å². The van der Waals surface area contributed by atoms with Crippen LogP contribution in [0.2, 0.25) is 0 Å². The van der Waals surface area contributed by atoms with E-state index < -0.39 is 0 Å². The number of aryl methyl sites for hydroxylation is 2. The summed E-state index contributed by atoms with van der Waals surface area (Å²) in [5, 5.41) is 0. The highest BCUT2D eigenvalue weighted by atomic mass is 79.9. The standard InChI is InChI=1S/C15H16BrFN2/c1-9-5-12(8-13(16)6-9)15(19-18)11-3-4-14(17)10(2)7-11/h3-8,15,19H,18H2,1-2H3. The number of hydrogen-bond donors (Lipinski definition) is 2. The van der Waals surface area contributed by atoms with Gasteiger partial charge in [0, 0.05) is 4.47 Å². The summed E-state index contributed by atoms with van der Waals surface area (Å²) in [6.07, 6.45) is 0. The molecule has 100 valence electrons. The van der Waals surface area contributed by atoms with Crippen LogP contribution in [0.5, 0.6) is 0 Å². The fourth-order valence-corrected chi connectivity index (χ4v) is 2.79. The van der Waals surface area contributed by atoms with Crippen molar-refractivity contribution in [1.82, 2.24) is 5.43 Å². The summed E-state index contributed by atoms with van der Waals surface area (Å²) in [5.41, 5.74) is 6.54. The smallest absolute Gasteiger partial charge is 0.126 e. The molecule has 0 spiro atoms. The van der Waals surface area contributed by atoms with Gasteiger partial charge in [-0.1, -0.05) is 34.1 Å². The third-order valence-corrected chi connectivity index (χ3v) is 3.54. The van der Waals surface area contributed by atoms with Gasteiger partial charge in [0.25, 0.3) is 0 Å². The zero-order valence-corrected chi connectivity index (χ0v) is 12.5. The van der Waals surface area contributed by atoms with Gasteiger partial charge in [0.15, 0.2) is 0 Å². The van der Waals surface area contributed by atoms with E-state index >= 15 is 0 Å². The molecule has 2 rings (SSSR count). The Morgan fingerprint density at radius 1 is 1.11 bits per heavy atom. The first-order valence-electron chi connectivity index (χ1n) is 6.00. The van der Waals surface area contributed by atoms with Gasteiger partial charge in [0.05, 0.1) is 6.04 Å². The van der Waals surface area contributed by atoms with Crippen molar-refractivity contribution in [3.05, 3.63) is 68.9 Å². The van der Waals surface area contributed by atoms with Gasteiger partial charge in [-0.05, 0) is 54.3 Å². The van der Waals surface area contributed by atoms with Gasteiger partial charge in [0.1, 0.15) is 5.82 Å². The predicted molar refractivity (Wildman–Crippen MR) is 79.2 cm³/mol. The molecule has 4 heteroatoms. The first-order valence-corrected chi connectivity index (χ1v) is 6.80. The molecule has 0 aromatic heterocycles. The normalized spacial score (nSPS) is 12.5. The molecule has 0 saturated carbocycles. The number of halogens is 2. The lowest BCUT2D eigenvalue weighted by atomic mass is 9.96. The molecule has 0 aliphatic carbocycles. The van der Waals surface area contributed by atoms with Crippen molar-refractivity contribution < 1.29 is 4.39 Å². The Balaban J connectivity index is 2.46. The van der Waals surface area contributed by atoms with Crippen LogP contribution in [-0.4, -0.2) is 0 Å². The average Bonchev–Trinajstić information content (AvgIpc) is 2.33. The van der Waals surface area contributed by atoms with Crippen molar-refractivity contribution in [2.45, 2.75) is 19.9 Å². The molecule has 0 heterocycles. The second-order valence-corrected chi connectivity index (χ2v) is 5.59. The number of nitrogens with one attached hydrogen (secondary N) is 1. The zero-order valence-electron chi connectivity index (χ0n) is 10.9. The molecule has 0 aliphatic heterocycles. The molecular weight excluding hydrogens is 307 g/mol. The summed E-state index contributed by atoms with van der Waals surface area (Å²) in [4.78, 5) is 0. The van der Waals surface area contributed by atoms with Gasteiger partial charge < -0.3 is 0 Å². The van der Waals surface area contributed by atoms with Crippen molar-refractivity contribution in [3.63, 3.8) is 0 Å². The molecule has 3 N–H and O–H groups in total. The Morgan fingerprint density at radius 2 is 1.84 bits per heavy atom. The van der Waals surface area contributed by atoms with Crippen molar-refractivity contribution in [2.75, 3.05) is 0 Å². The Kier molecular flexibility index (Phi) is 4.34. The number of benzene rings is 2. The maximum absolute atomic E-state index is 13.3. The van der Waals surface area contributed by atoms with E-state index in [1.54, 1.807) is 13.0 Å². The van der Waals surface area contributed by atoms with E-state index in [0.717, 1.165) is 21.2 Å². The van der Waals surface area contributed by atoms with Crippen LogP contribution in [0.1, 0.15) is 28.3 Å². The van der Waals surface area contributed by atoms with Crippen LogP contribution in [0.15, 0.2) is 40.9 Å². The van der Waals surface area contributed by atoms with Gasteiger partial charge in [-0.2, -0.15) is 0 Å². The van der Waals surface area contributed by atoms with Crippen LogP contribution in [0.3, 0.4) is 0 Å². The van der Waals surface area contributed by atoms with Crippen molar-refractivity contribution in [1.29, 1.82) is 0 Å². The zero-order chi connectivity index (χ0) is 14.0. The summed E-state index contributed by atoms with van der Waals surface area (Å²) < 4.78 is 14.3. The summed E-state index contributed by atoms with van der Waals surface area (Å²) in [5.74, 6) is 5.46. The fourth-order valence-electron chi connectivity index (χ4n) is 2.16. The molecule has 0 saturated heterocycles. The van der Waals surface area contributed by atoms with E-state index in [0.29, 0.717) is 5.56 Å². The minimum Gasteiger partial charge on any atom is -0.271 e. The van der Waals surface area contributed by atoms with E-state index in [4.69, 9.17) is 5.84 Å². The van der Waals surface area contributed by atoms with Crippen molar-refractivity contribution >= 4 is 15.9 Å². The molecule has 19 heavy (non-hydrogen) atoms. The molecule has 0 bridgehead atoms. The maximum atomic E-state index is 13.3. The number of hydrazine groups is 1. The molecule has 0 radical (unpaired) electrons. The lowest BCUT2D eigenvalue weighted by Gasteiger charge is -2.18. The van der Waals surface area contributed by atoms with Gasteiger partial charge in [-0.15, -0.1) is 0 Å². The van der Waals surface area contributed by atoms with Crippen LogP contribution in [0, 0.1) is 19.7 Å². The summed E-state index contributed by atoms with van der Waals surface area (Å²) >= 11 is 3.48. The SMILES string of the molecule is Cc1cc(Br)cc(C(NN)c2ccc(F)c(C)c2)c1. The Labute approximate surface area is 120 Å². The molecular formula is C15H16BrFN2. The number of nitrogens with two attached hydrogens (primary N) is 1. The lowest BCUT2D eigenvalue weighted by molar-refractivity contribution is 0.607. The molecule has 1 unspecified atom stereocenters. The molecule has 2 nitrogen and oxygen atoms in total. The van der Waals surface area contributed by atoms with Gasteiger partial charge in [0.2, 0.25) is 0 Å². The second-order valence-electron chi connectivity index (χ2n) is 4.67. The summed E-state index contributed by atoms with van der Waals surface area (Å²) in [6.45, 7) is 3.77. The van der Waals surface area contributed by atoms with E-state index in [1.807, 2.05) is 25.1 Å². The molecule has 1 atom stereocenters. The van der Waals surface area contributed by atoms with E-state index in [1.165, 1.54) is 6.07 Å². The minimum atomic E-state index is -0.204. The van der Waals surface area contributed by atoms with Crippen LogP contribution in [0.4, 0.5) is 4.39 Å². The van der Waals surface area contributed by atoms with Crippen LogP contribution >= 0.6 is 15.9 Å². The minimum absolute atomic E-state index is 0.157. The second kappa shape index (κ2) is 5.82. The molecule has 0 amide bonds. The van der Waals surface area contributed by atoms with Crippen LogP contribution < -0.4 is 11.3 Å². The monoisotopic (exact) mass is 322 g/mol. The number of rotatable bonds is 3. The van der Waals surface area contributed by atoms with Crippen molar-refractivity contribution in [3.8, 4) is 0 Å². The molecule has 2 aromatic rings. The van der Waals surface area contributed by atoms with E-state index in [-0.39, 0.29) is 11.9 Å². The third kappa shape index (κ3) is 3.21. The Morgan fingerprint density at radius 3 is 2.42 bits per heavy atom. The maximum Gasteiger partial charge on any atom is 0.126 e. The molecule has 0 aliphatic rings. The number of hydrogen-bond acceptors (Lipinski definition) is 2. The topological polar surface area (TPSA) is 38.0 Å². The quantitative estimate of drug-likeness (QED) is 0.667. The Hall–Kier alpha value is -1.23. The lowest BCUT2D eigenvalue weighted by Crippen LogP contribution is -2.29. The predicted octanol–water partition coefficient (Wildman–Crippen LogP) is 3.76. The highest BCUT2D eigenvalue weighted by Gasteiger charge is 2.14. The summed E-state index contributed by atoms with van der Waals surface area (Å²) in [6, 6.07) is 11.0. The first-order chi connectivity index (χ1) is 9.01. The van der Waals surface area contributed by atoms with E-state index in [9.17, 15) is 4.39 Å². The highest BCUT2D eigenvalue weighted by Crippen LogP contribution is 2.26. The first kappa shape index (κ1) is 14.2. The van der Waals surface area contributed by atoms with E-state index in [2.05, 4.69) is 27.4 Å². The molecule has 0 fully saturated rings. The van der Waals surface area contributed by atoms with Crippen LogP contribution in [-0.2, 0) is 0 Å². The largest absolute Gasteiger partial charge is 0.271 e. The summed E-state index contributed by atoms with van der Waals surface area (Å²) in [7, 11) is 0. The van der Waals surface area contributed by atoms with Crippen molar-refractivity contribution in [2.24, 2.45) is 5.84 Å². The molecule has 2 aromatic carbocycles. The van der Waals surface area contributed by atoms with Gasteiger partial charge >= 0.3 is 0 Å². The fraction of sp³-hybridized carbons (Fsp3) is 0.200. The van der Waals surface area contributed by atoms with Crippen LogP contribution in [0.25, 0.3) is 0 Å². The third-order valence-electron chi connectivity index (χ3n) is 3.08. The Bertz CT molecular complexity index is 578. The van der Waals surface area contributed by atoms with Gasteiger partial charge in [-0.3, -0.25) is 5.84 Å². The highest BCUT2D eigenvalue weighted by molar-refractivity contribution is 9.10.